The highest BCUT2D eigenvalue weighted by molar-refractivity contribution is 6.42. The summed E-state index contributed by atoms with van der Waals surface area (Å²) in [6, 6.07) is 22.4. The molecule has 0 aliphatic heterocycles. The van der Waals surface area contributed by atoms with E-state index in [1.165, 1.54) is 12.1 Å². The molecule has 4 rings (SSSR count). The summed E-state index contributed by atoms with van der Waals surface area (Å²) in [5.74, 6) is -0.440. The molecule has 0 radical (unpaired) electrons. The monoisotopic (exact) mass is 392 g/mol. The molecule has 0 atom stereocenters. The number of allylic oxidation sites excluding steroid dienone is 1. The van der Waals surface area contributed by atoms with Gasteiger partial charge in [0, 0.05) is 17.2 Å². The van der Waals surface area contributed by atoms with Crippen molar-refractivity contribution in [2.75, 3.05) is 0 Å². The van der Waals surface area contributed by atoms with Gasteiger partial charge in [-0.3, -0.25) is 4.79 Å². The zero-order chi connectivity index (χ0) is 19.0. The minimum absolute atomic E-state index is 0.156. The van der Waals surface area contributed by atoms with Gasteiger partial charge in [0.1, 0.15) is 5.76 Å². The lowest BCUT2D eigenvalue weighted by Gasteiger charge is -2.06. The van der Waals surface area contributed by atoms with Gasteiger partial charge in [0.25, 0.3) is 0 Å². The van der Waals surface area contributed by atoms with Crippen LogP contribution >= 0.6 is 23.2 Å². The summed E-state index contributed by atoms with van der Waals surface area (Å²) in [7, 11) is 0. The number of fused-ring (bicyclic) bond motifs is 3. The van der Waals surface area contributed by atoms with E-state index in [4.69, 9.17) is 23.2 Å². The van der Waals surface area contributed by atoms with E-state index in [1.807, 2.05) is 42.5 Å². The van der Waals surface area contributed by atoms with Crippen LogP contribution in [-0.2, 0) is 0 Å². The van der Waals surface area contributed by atoms with Crippen molar-refractivity contribution in [1.29, 1.82) is 0 Å². The molecular weight excluding hydrogens is 379 g/mol. The largest absolute Gasteiger partial charge is 0.507 e. The van der Waals surface area contributed by atoms with E-state index in [-0.39, 0.29) is 11.5 Å². The molecule has 0 spiro atoms. The Balaban J connectivity index is 1.75. The van der Waals surface area contributed by atoms with E-state index in [0.717, 1.165) is 21.5 Å². The summed E-state index contributed by atoms with van der Waals surface area (Å²) >= 11 is 11.9. The molecule has 132 valence electrons. The number of benzene rings is 4. The van der Waals surface area contributed by atoms with Crippen molar-refractivity contribution in [2.24, 2.45) is 0 Å². The zero-order valence-electron chi connectivity index (χ0n) is 14.1. The number of aliphatic hydroxyl groups excluding tert-OH is 1. The maximum absolute atomic E-state index is 12.7. The molecule has 4 aromatic carbocycles. The summed E-state index contributed by atoms with van der Waals surface area (Å²) in [5.41, 5.74) is 0.939. The maximum atomic E-state index is 12.7. The van der Waals surface area contributed by atoms with Crippen LogP contribution in [0.3, 0.4) is 0 Å². The van der Waals surface area contributed by atoms with E-state index < -0.39 is 0 Å². The molecule has 0 aliphatic carbocycles. The number of rotatable bonds is 3. The summed E-state index contributed by atoms with van der Waals surface area (Å²) < 4.78 is 0. The van der Waals surface area contributed by atoms with Crippen molar-refractivity contribution in [2.45, 2.75) is 0 Å². The van der Waals surface area contributed by atoms with Crippen LogP contribution in [0.2, 0.25) is 10.0 Å². The molecule has 27 heavy (non-hydrogen) atoms. The average Bonchev–Trinajstić information content (AvgIpc) is 2.69. The SMILES string of the molecule is O=C(/C=C(\O)c1ccc(Cl)c(Cl)c1)c1ccc2ccc3ccccc3c2c1. The Kier molecular flexibility index (Phi) is 4.61. The van der Waals surface area contributed by atoms with Gasteiger partial charge >= 0.3 is 0 Å². The number of hydrogen-bond donors (Lipinski definition) is 1. The second-order valence-electron chi connectivity index (χ2n) is 6.25. The van der Waals surface area contributed by atoms with Crippen LogP contribution in [0.5, 0.6) is 0 Å². The van der Waals surface area contributed by atoms with E-state index in [2.05, 4.69) is 6.07 Å². The fourth-order valence-electron chi connectivity index (χ4n) is 3.10. The van der Waals surface area contributed by atoms with Gasteiger partial charge in [0.15, 0.2) is 5.78 Å². The van der Waals surface area contributed by atoms with Crippen molar-refractivity contribution in [3.63, 3.8) is 0 Å². The number of carbonyl (C=O) groups is 1. The number of halogens is 2. The average molecular weight is 393 g/mol. The summed E-state index contributed by atoms with van der Waals surface area (Å²) in [4.78, 5) is 12.7. The van der Waals surface area contributed by atoms with Gasteiger partial charge in [-0.25, -0.2) is 0 Å². The van der Waals surface area contributed by atoms with Gasteiger partial charge in [-0.1, -0.05) is 71.7 Å². The lowest BCUT2D eigenvalue weighted by atomic mass is 9.98. The fraction of sp³-hybridized carbons (Fsp3) is 0. The first-order valence-corrected chi connectivity index (χ1v) is 9.10. The highest BCUT2D eigenvalue weighted by Crippen LogP contribution is 2.28. The van der Waals surface area contributed by atoms with Crippen LogP contribution in [0, 0.1) is 0 Å². The van der Waals surface area contributed by atoms with Crippen LogP contribution in [-0.4, -0.2) is 10.9 Å². The molecule has 0 saturated heterocycles. The highest BCUT2D eigenvalue weighted by atomic mass is 35.5. The van der Waals surface area contributed by atoms with Crippen molar-refractivity contribution >= 4 is 56.3 Å². The standard InChI is InChI=1S/C23H14Cl2O2/c24-20-10-9-17(12-21(20)25)23(27)13-22(26)16-8-7-15-6-5-14-3-1-2-4-18(14)19(15)11-16/h1-13,27H/b23-13-. The fourth-order valence-corrected chi connectivity index (χ4v) is 3.40. The lowest BCUT2D eigenvalue weighted by molar-refractivity contribution is 0.104. The Morgan fingerprint density at radius 3 is 2.19 bits per heavy atom. The van der Waals surface area contributed by atoms with Gasteiger partial charge in [-0.15, -0.1) is 0 Å². The molecule has 0 unspecified atom stereocenters. The maximum Gasteiger partial charge on any atom is 0.189 e. The Morgan fingerprint density at radius 1 is 0.741 bits per heavy atom. The number of hydrogen-bond acceptors (Lipinski definition) is 2. The van der Waals surface area contributed by atoms with Crippen LogP contribution in [0.15, 0.2) is 78.9 Å². The molecule has 0 saturated carbocycles. The van der Waals surface area contributed by atoms with Crippen LogP contribution < -0.4 is 0 Å². The number of aliphatic hydroxyl groups is 1. The predicted molar refractivity (Wildman–Crippen MR) is 113 cm³/mol. The second-order valence-corrected chi connectivity index (χ2v) is 7.06. The minimum Gasteiger partial charge on any atom is -0.507 e. The van der Waals surface area contributed by atoms with Gasteiger partial charge in [-0.2, -0.15) is 0 Å². The molecule has 1 N–H and O–H groups in total. The summed E-state index contributed by atoms with van der Waals surface area (Å²) in [5, 5.41) is 15.3. The quantitative estimate of drug-likeness (QED) is 0.175. The van der Waals surface area contributed by atoms with E-state index in [0.29, 0.717) is 21.2 Å². The highest BCUT2D eigenvalue weighted by Gasteiger charge is 2.10. The van der Waals surface area contributed by atoms with Crippen LogP contribution in [0.4, 0.5) is 0 Å². The Labute approximate surface area is 166 Å². The van der Waals surface area contributed by atoms with Crippen molar-refractivity contribution in [3.8, 4) is 0 Å². The van der Waals surface area contributed by atoms with Gasteiger partial charge in [0.05, 0.1) is 10.0 Å². The van der Waals surface area contributed by atoms with Gasteiger partial charge in [0.2, 0.25) is 0 Å². The molecule has 0 bridgehead atoms. The predicted octanol–water partition coefficient (Wildman–Crippen LogP) is 7.08. The topological polar surface area (TPSA) is 37.3 Å². The lowest BCUT2D eigenvalue weighted by Crippen LogP contribution is -1.97. The van der Waals surface area contributed by atoms with Crippen LogP contribution in [0.1, 0.15) is 15.9 Å². The molecule has 4 heteroatoms. The molecule has 4 aromatic rings. The molecule has 0 fully saturated rings. The normalized spacial score (nSPS) is 11.9. The molecule has 2 nitrogen and oxygen atoms in total. The van der Waals surface area contributed by atoms with Crippen molar-refractivity contribution < 1.29 is 9.90 Å². The van der Waals surface area contributed by atoms with E-state index in [1.54, 1.807) is 18.2 Å². The smallest absolute Gasteiger partial charge is 0.189 e. The first-order chi connectivity index (χ1) is 13.0. The van der Waals surface area contributed by atoms with Gasteiger partial charge in [-0.05, 0) is 45.8 Å². The zero-order valence-corrected chi connectivity index (χ0v) is 15.6. The third-order valence-electron chi connectivity index (χ3n) is 4.51. The Bertz CT molecular complexity index is 1230. The molecule has 0 aliphatic rings. The second kappa shape index (κ2) is 7.07. The number of ketones is 1. The first-order valence-electron chi connectivity index (χ1n) is 8.35. The first kappa shape index (κ1) is 17.6. The minimum atomic E-state index is -0.284. The molecule has 0 amide bonds. The molecule has 0 heterocycles. The van der Waals surface area contributed by atoms with Crippen LogP contribution in [0.25, 0.3) is 27.3 Å². The molecule has 0 aromatic heterocycles. The molecular formula is C23H14Cl2O2. The van der Waals surface area contributed by atoms with E-state index in [9.17, 15) is 9.90 Å². The third kappa shape index (κ3) is 3.42. The van der Waals surface area contributed by atoms with E-state index >= 15 is 0 Å². The van der Waals surface area contributed by atoms with Crippen molar-refractivity contribution in [3.05, 3.63) is 100 Å². The summed E-state index contributed by atoms with van der Waals surface area (Å²) in [6.07, 6.45) is 1.20. The Morgan fingerprint density at radius 2 is 1.41 bits per heavy atom. The summed E-state index contributed by atoms with van der Waals surface area (Å²) in [6.45, 7) is 0. The third-order valence-corrected chi connectivity index (χ3v) is 5.25. The Hall–Kier alpha value is -2.81. The van der Waals surface area contributed by atoms with Crippen molar-refractivity contribution in [1.82, 2.24) is 0 Å². The number of carbonyl (C=O) groups excluding carboxylic acids is 1. The van der Waals surface area contributed by atoms with Gasteiger partial charge < -0.3 is 5.11 Å².